The fourth-order valence-corrected chi connectivity index (χ4v) is 2.04. The summed E-state index contributed by atoms with van der Waals surface area (Å²) in [6.45, 7) is 5.05. The molecule has 0 aromatic carbocycles. The second-order valence-electron chi connectivity index (χ2n) is 4.28. The second-order valence-corrected chi connectivity index (χ2v) is 4.28. The third kappa shape index (κ3) is 2.74. The Morgan fingerprint density at radius 2 is 2.47 bits per heavy atom. The van der Waals surface area contributed by atoms with Gasteiger partial charge < -0.3 is 15.5 Å². The van der Waals surface area contributed by atoms with Crippen LogP contribution < -0.4 is 15.5 Å². The van der Waals surface area contributed by atoms with Crippen LogP contribution in [0.2, 0.25) is 0 Å². The topological polar surface area (TPSA) is 57.3 Å². The number of nitrogens with one attached hydrogen (secondary N) is 2. The molecular weight excluding hydrogens is 216 g/mol. The molecule has 1 saturated heterocycles. The number of rotatable bonds is 2. The lowest BCUT2D eigenvalue weighted by Crippen LogP contribution is -2.49. The number of aromatic nitrogens is 1. The molecule has 1 atom stereocenters. The number of carbonyl (C=O) groups excluding carboxylic acids is 1. The minimum Gasteiger partial charge on any atom is -0.369 e. The minimum absolute atomic E-state index is 0.143. The Morgan fingerprint density at radius 3 is 3.18 bits per heavy atom. The summed E-state index contributed by atoms with van der Waals surface area (Å²) in [6, 6.07) is 4.27. The van der Waals surface area contributed by atoms with E-state index in [9.17, 15) is 4.79 Å². The van der Waals surface area contributed by atoms with Gasteiger partial charge in [0.2, 0.25) is 0 Å². The van der Waals surface area contributed by atoms with E-state index in [-0.39, 0.29) is 5.91 Å². The van der Waals surface area contributed by atoms with Crippen LogP contribution in [-0.2, 0) is 0 Å². The molecule has 17 heavy (non-hydrogen) atoms. The Labute approximate surface area is 101 Å². The molecule has 0 spiro atoms. The van der Waals surface area contributed by atoms with Crippen LogP contribution in [0.5, 0.6) is 0 Å². The molecule has 1 aliphatic heterocycles. The minimum atomic E-state index is -0.143. The Bertz CT molecular complexity index is 407. The van der Waals surface area contributed by atoms with Crippen molar-refractivity contribution < 1.29 is 4.79 Å². The van der Waals surface area contributed by atoms with Crippen molar-refractivity contribution in [3.8, 4) is 0 Å². The highest BCUT2D eigenvalue weighted by Gasteiger charge is 2.17. The van der Waals surface area contributed by atoms with Crippen LogP contribution in [0.3, 0.4) is 0 Å². The highest BCUT2D eigenvalue weighted by molar-refractivity contribution is 5.92. The van der Waals surface area contributed by atoms with Gasteiger partial charge in [-0.3, -0.25) is 9.78 Å². The average Bonchev–Trinajstić information content (AvgIpc) is 2.38. The maximum Gasteiger partial charge on any atom is 0.269 e. The molecule has 92 valence electrons. The molecule has 1 fully saturated rings. The third-order valence-corrected chi connectivity index (χ3v) is 2.94. The van der Waals surface area contributed by atoms with E-state index >= 15 is 0 Å². The fourth-order valence-electron chi connectivity index (χ4n) is 2.04. The van der Waals surface area contributed by atoms with Gasteiger partial charge in [0.1, 0.15) is 5.69 Å². The second kappa shape index (κ2) is 5.14. The lowest BCUT2D eigenvalue weighted by Gasteiger charge is -2.33. The van der Waals surface area contributed by atoms with Gasteiger partial charge in [-0.15, -0.1) is 0 Å². The van der Waals surface area contributed by atoms with Crippen molar-refractivity contribution >= 4 is 11.6 Å². The van der Waals surface area contributed by atoms with Crippen LogP contribution in [0.4, 0.5) is 5.69 Å². The molecular formula is C12H18N4O. The zero-order chi connectivity index (χ0) is 12.3. The van der Waals surface area contributed by atoms with Crippen molar-refractivity contribution in [2.24, 2.45) is 0 Å². The molecule has 2 N–H and O–H groups in total. The summed E-state index contributed by atoms with van der Waals surface area (Å²) >= 11 is 0. The zero-order valence-electron chi connectivity index (χ0n) is 10.2. The maximum atomic E-state index is 11.5. The molecule has 0 bridgehead atoms. The summed E-state index contributed by atoms with van der Waals surface area (Å²) in [6.07, 6.45) is 1.69. The van der Waals surface area contributed by atoms with E-state index < -0.39 is 0 Å². The number of piperazine rings is 1. The predicted molar refractivity (Wildman–Crippen MR) is 67.3 cm³/mol. The van der Waals surface area contributed by atoms with Crippen molar-refractivity contribution in [1.29, 1.82) is 0 Å². The largest absolute Gasteiger partial charge is 0.369 e. The number of hydrogen-bond donors (Lipinski definition) is 2. The van der Waals surface area contributed by atoms with Gasteiger partial charge >= 0.3 is 0 Å². The van der Waals surface area contributed by atoms with Gasteiger partial charge in [0.15, 0.2) is 0 Å². The monoisotopic (exact) mass is 234 g/mol. The number of nitrogens with zero attached hydrogens (tertiary/aromatic N) is 2. The molecule has 1 aromatic rings. The van der Waals surface area contributed by atoms with E-state index in [2.05, 4.69) is 27.4 Å². The van der Waals surface area contributed by atoms with Crippen molar-refractivity contribution in [1.82, 2.24) is 15.6 Å². The van der Waals surface area contributed by atoms with E-state index in [4.69, 9.17) is 0 Å². The molecule has 2 rings (SSSR count). The van der Waals surface area contributed by atoms with E-state index in [1.807, 2.05) is 12.1 Å². The van der Waals surface area contributed by atoms with Crippen LogP contribution in [0.25, 0.3) is 0 Å². The molecule has 1 aliphatic rings. The lowest BCUT2D eigenvalue weighted by atomic mass is 10.2. The summed E-state index contributed by atoms with van der Waals surface area (Å²) in [5, 5.41) is 5.98. The van der Waals surface area contributed by atoms with Gasteiger partial charge in [-0.25, -0.2) is 0 Å². The fraction of sp³-hybridized carbons (Fsp3) is 0.500. The normalized spacial score (nSPS) is 20.1. The first-order valence-electron chi connectivity index (χ1n) is 5.87. The van der Waals surface area contributed by atoms with Gasteiger partial charge in [-0.1, -0.05) is 0 Å². The van der Waals surface area contributed by atoms with E-state index in [1.54, 1.807) is 13.2 Å². The molecule has 1 aromatic heterocycles. The first-order chi connectivity index (χ1) is 8.20. The molecule has 0 radical (unpaired) electrons. The van der Waals surface area contributed by atoms with E-state index in [1.165, 1.54) is 0 Å². The van der Waals surface area contributed by atoms with Gasteiger partial charge in [-0.05, 0) is 19.1 Å². The molecule has 5 heteroatoms. The van der Waals surface area contributed by atoms with Crippen LogP contribution in [0, 0.1) is 0 Å². The van der Waals surface area contributed by atoms with Gasteiger partial charge in [-0.2, -0.15) is 0 Å². The SMILES string of the molecule is CNC(=O)c1cc(N2CCNC(C)C2)ccn1. The van der Waals surface area contributed by atoms with Gasteiger partial charge in [0.25, 0.3) is 5.91 Å². The summed E-state index contributed by atoms with van der Waals surface area (Å²) < 4.78 is 0. The number of hydrogen-bond acceptors (Lipinski definition) is 4. The highest BCUT2D eigenvalue weighted by atomic mass is 16.1. The molecule has 2 heterocycles. The number of pyridine rings is 1. The standard InChI is InChI=1S/C12H18N4O/c1-9-8-16(6-5-14-9)10-3-4-15-11(7-10)12(17)13-2/h3-4,7,9,14H,5-6,8H2,1-2H3,(H,13,17). The van der Waals surface area contributed by atoms with Crippen molar-refractivity contribution in [2.75, 3.05) is 31.6 Å². The Balaban J connectivity index is 2.17. The van der Waals surface area contributed by atoms with E-state index in [0.717, 1.165) is 25.3 Å². The predicted octanol–water partition coefficient (Wildman–Crippen LogP) is 0.239. The van der Waals surface area contributed by atoms with Crippen LogP contribution in [0.1, 0.15) is 17.4 Å². The highest BCUT2D eigenvalue weighted by Crippen LogP contribution is 2.16. The van der Waals surface area contributed by atoms with Gasteiger partial charge in [0.05, 0.1) is 0 Å². The van der Waals surface area contributed by atoms with Crippen molar-refractivity contribution in [3.63, 3.8) is 0 Å². The zero-order valence-corrected chi connectivity index (χ0v) is 10.2. The molecule has 0 saturated carbocycles. The lowest BCUT2D eigenvalue weighted by molar-refractivity contribution is 0.0958. The Morgan fingerprint density at radius 1 is 1.65 bits per heavy atom. The molecule has 1 unspecified atom stereocenters. The van der Waals surface area contributed by atoms with Crippen LogP contribution in [0.15, 0.2) is 18.3 Å². The van der Waals surface area contributed by atoms with Crippen molar-refractivity contribution in [3.05, 3.63) is 24.0 Å². The van der Waals surface area contributed by atoms with Crippen LogP contribution in [-0.4, -0.2) is 43.6 Å². The first-order valence-corrected chi connectivity index (χ1v) is 5.87. The summed E-state index contributed by atoms with van der Waals surface area (Å²) in [7, 11) is 1.61. The third-order valence-electron chi connectivity index (χ3n) is 2.94. The average molecular weight is 234 g/mol. The molecule has 5 nitrogen and oxygen atoms in total. The van der Waals surface area contributed by atoms with Gasteiger partial charge in [0, 0.05) is 44.6 Å². The summed E-state index contributed by atoms with van der Waals surface area (Å²) in [5.74, 6) is -0.143. The summed E-state index contributed by atoms with van der Waals surface area (Å²) in [4.78, 5) is 17.9. The quantitative estimate of drug-likeness (QED) is 0.769. The maximum absolute atomic E-state index is 11.5. The van der Waals surface area contributed by atoms with Crippen molar-refractivity contribution in [2.45, 2.75) is 13.0 Å². The Kier molecular flexibility index (Phi) is 3.58. The smallest absolute Gasteiger partial charge is 0.269 e. The van der Waals surface area contributed by atoms with Crippen LogP contribution >= 0.6 is 0 Å². The first kappa shape index (κ1) is 11.9. The summed E-state index contributed by atoms with van der Waals surface area (Å²) in [5.41, 5.74) is 1.53. The van der Waals surface area contributed by atoms with E-state index in [0.29, 0.717) is 11.7 Å². The molecule has 1 amide bonds. The number of carbonyl (C=O) groups is 1. The molecule has 0 aliphatic carbocycles. The number of amides is 1. The Hall–Kier alpha value is -1.62. The number of anilines is 1.